The molecule has 1 N–H and O–H groups in total. The Morgan fingerprint density at radius 2 is 1.74 bits per heavy atom. The standard InChI is InChI=1S/C18H17Cl2N3O3S/c1-12(18(24)22-16-5-3-13(4-6-16)7-8-21)23(27(2,25)26)17-10-14(19)9-15(20)11-17/h3-6,9-12H,7H2,1-2H3,(H,22,24)/t12-/m0/s1. The number of nitrogens with zero attached hydrogens (tertiary/aromatic N) is 2. The van der Waals surface area contributed by atoms with Crippen molar-refractivity contribution in [3.63, 3.8) is 0 Å². The van der Waals surface area contributed by atoms with Crippen molar-refractivity contribution in [2.75, 3.05) is 15.9 Å². The van der Waals surface area contributed by atoms with Gasteiger partial charge in [0, 0.05) is 15.7 Å². The molecule has 1 atom stereocenters. The number of hydrogen-bond acceptors (Lipinski definition) is 4. The van der Waals surface area contributed by atoms with E-state index in [1.54, 1.807) is 24.3 Å². The Kier molecular flexibility index (Phi) is 6.71. The lowest BCUT2D eigenvalue weighted by Crippen LogP contribution is -2.45. The van der Waals surface area contributed by atoms with Gasteiger partial charge in [-0.1, -0.05) is 35.3 Å². The van der Waals surface area contributed by atoms with Gasteiger partial charge in [-0.3, -0.25) is 9.10 Å². The van der Waals surface area contributed by atoms with Gasteiger partial charge in [-0.25, -0.2) is 8.42 Å². The minimum atomic E-state index is -3.78. The molecule has 2 aromatic carbocycles. The van der Waals surface area contributed by atoms with Crippen molar-refractivity contribution in [1.29, 1.82) is 5.26 Å². The van der Waals surface area contributed by atoms with Crippen molar-refractivity contribution >= 4 is 50.5 Å². The lowest BCUT2D eigenvalue weighted by atomic mass is 10.1. The molecule has 0 aliphatic rings. The maximum atomic E-state index is 12.6. The summed E-state index contributed by atoms with van der Waals surface area (Å²) in [7, 11) is -3.78. The summed E-state index contributed by atoms with van der Waals surface area (Å²) >= 11 is 11.9. The predicted octanol–water partition coefficient (Wildman–Crippen LogP) is 3.85. The molecular weight excluding hydrogens is 409 g/mol. The Labute approximate surface area is 168 Å². The number of rotatable bonds is 6. The first-order valence-electron chi connectivity index (χ1n) is 7.84. The molecule has 0 spiro atoms. The van der Waals surface area contributed by atoms with E-state index in [1.165, 1.54) is 25.1 Å². The molecule has 1 amide bonds. The summed E-state index contributed by atoms with van der Waals surface area (Å²) in [4.78, 5) is 12.6. The fourth-order valence-electron chi connectivity index (χ4n) is 2.52. The molecule has 0 saturated carbocycles. The summed E-state index contributed by atoms with van der Waals surface area (Å²) in [6.45, 7) is 1.47. The Morgan fingerprint density at radius 3 is 2.22 bits per heavy atom. The van der Waals surface area contributed by atoms with E-state index in [-0.39, 0.29) is 22.2 Å². The number of nitrogens with one attached hydrogen (secondary N) is 1. The number of amides is 1. The third-order valence-electron chi connectivity index (χ3n) is 3.69. The number of nitriles is 1. The molecule has 0 radical (unpaired) electrons. The molecule has 0 aliphatic heterocycles. The van der Waals surface area contributed by atoms with Crippen LogP contribution in [-0.2, 0) is 21.2 Å². The Bertz CT molecular complexity index is 966. The van der Waals surface area contributed by atoms with E-state index in [4.69, 9.17) is 28.5 Å². The molecule has 6 nitrogen and oxygen atoms in total. The molecule has 0 unspecified atom stereocenters. The highest BCUT2D eigenvalue weighted by Crippen LogP contribution is 2.29. The molecule has 27 heavy (non-hydrogen) atoms. The number of anilines is 2. The van der Waals surface area contributed by atoms with E-state index >= 15 is 0 Å². The molecule has 0 aliphatic carbocycles. The number of carbonyl (C=O) groups excluding carboxylic acids is 1. The van der Waals surface area contributed by atoms with Gasteiger partial charge in [0.15, 0.2) is 0 Å². The van der Waals surface area contributed by atoms with E-state index < -0.39 is 22.0 Å². The van der Waals surface area contributed by atoms with Gasteiger partial charge in [0.2, 0.25) is 15.9 Å². The summed E-state index contributed by atoms with van der Waals surface area (Å²) in [6, 6.07) is 12.1. The average Bonchev–Trinajstić information content (AvgIpc) is 2.54. The highest BCUT2D eigenvalue weighted by Gasteiger charge is 2.29. The van der Waals surface area contributed by atoms with E-state index in [0.29, 0.717) is 5.69 Å². The van der Waals surface area contributed by atoms with Gasteiger partial charge in [-0.2, -0.15) is 5.26 Å². The van der Waals surface area contributed by atoms with Crippen molar-refractivity contribution in [1.82, 2.24) is 0 Å². The van der Waals surface area contributed by atoms with E-state index in [0.717, 1.165) is 16.1 Å². The van der Waals surface area contributed by atoms with Crippen molar-refractivity contribution in [2.45, 2.75) is 19.4 Å². The number of benzene rings is 2. The van der Waals surface area contributed by atoms with Crippen LogP contribution >= 0.6 is 23.2 Å². The van der Waals surface area contributed by atoms with Crippen LogP contribution in [0.15, 0.2) is 42.5 Å². The van der Waals surface area contributed by atoms with Crippen LogP contribution in [0.1, 0.15) is 12.5 Å². The van der Waals surface area contributed by atoms with Crippen LogP contribution in [0.3, 0.4) is 0 Å². The fourth-order valence-corrected chi connectivity index (χ4v) is 4.19. The minimum Gasteiger partial charge on any atom is -0.324 e. The zero-order chi connectivity index (χ0) is 20.2. The van der Waals surface area contributed by atoms with Gasteiger partial charge in [-0.05, 0) is 42.8 Å². The van der Waals surface area contributed by atoms with Crippen LogP contribution in [0.25, 0.3) is 0 Å². The molecule has 2 rings (SSSR count). The van der Waals surface area contributed by atoms with Crippen molar-refractivity contribution < 1.29 is 13.2 Å². The highest BCUT2D eigenvalue weighted by molar-refractivity contribution is 7.92. The molecule has 142 valence electrons. The molecule has 0 heterocycles. The topological polar surface area (TPSA) is 90.3 Å². The monoisotopic (exact) mass is 425 g/mol. The molecule has 0 bridgehead atoms. The summed E-state index contributed by atoms with van der Waals surface area (Å²) in [5.41, 5.74) is 1.50. The first-order chi connectivity index (χ1) is 12.6. The van der Waals surface area contributed by atoms with Crippen molar-refractivity contribution in [3.05, 3.63) is 58.1 Å². The third kappa shape index (κ3) is 5.60. The first-order valence-corrected chi connectivity index (χ1v) is 10.4. The van der Waals surface area contributed by atoms with Gasteiger partial charge < -0.3 is 5.32 Å². The highest BCUT2D eigenvalue weighted by atomic mass is 35.5. The Morgan fingerprint density at radius 1 is 1.19 bits per heavy atom. The third-order valence-corrected chi connectivity index (χ3v) is 5.37. The van der Waals surface area contributed by atoms with Gasteiger partial charge in [0.05, 0.1) is 24.4 Å². The van der Waals surface area contributed by atoms with Crippen LogP contribution in [0.5, 0.6) is 0 Å². The van der Waals surface area contributed by atoms with Crippen molar-refractivity contribution in [3.8, 4) is 6.07 Å². The predicted molar refractivity (Wildman–Crippen MR) is 108 cm³/mol. The lowest BCUT2D eigenvalue weighted by Gasteiger charge is -2.28. The minimum absolute atomic E-state index is 0.196. The van der Waals surface area contributed by atoms with E-state index in [9.17, 15) is 13.2 Å². The molecule has 0 fully saturated rings. The number of sulfonamides is 1. The number of carbonyl (C=O) groups is 1. The molecule has 0 saturated heterocycles. The second-order valence-corrected chi connectivity index (χ2v) is 8.62. The molecule has 9 heteroatoms. The summed E-state index contributed by atoms with van der Waals surface area (Å²) in [5.74, 6) is -0.524. The molecular formula is C18H17Cl2N3O3S. The quantitative estimate of drug-likeness (QED) is 0.760. The van der Waals surface area contributed by atoms with Crippen LogP contribution in [0.4, 0.5) is 11.4 Å². The van der Waals surface area contributed by atoms with Gasteiger partial charge in [-0.15, -0.1) is 0 Å². The van der Waals surface area contributed by atoms with E-state index in [2.05, 4.69) is 5.32 Å². The largest absolute Gasteiger partial charge is 0.324 e. The molecule has 2 aromatic rings. The average molecular weight is 426 g/mol. The van der Waals surface area contributed by atoms with E-state index in [1.807, 2.05) is 6.07 Å². The summed E-state index contributed by atoms with van der Waals surface area (Å²) in [6.07, 6.45) is 1.27. The maximum Gasteiger partial charge on any atom is 0.247 e. The van der Waals surface area contributed by atoms with Gasteiger partial charge in [0.1, 0.15) is 6.04 Å². The SMILES string of the molecule is C[C@@H](C(=O)Nc1ccc(CC#N)cc1)N(c1cc(Cl)cc(Cl)c1)S(C)(=O)=O. The number of hydrogen-bond donors (Lipinski definition) is 1. The second-order valence-electron chi connectivity index (χ2n) is 5.88. The van der Waals surface area contributed by atoms with Crippen LogP contribution < -0.4 is 9.62 Å². The fraction of sp³-hybridized carbons (Fsp3) is 0.222. The normalized spacial score (nSPS) is 12.1. The second kappa shape index (κ2) is 8.61. The zero-order valence-corrected chi connectivity index (χ0v) is 16.9. The Balaban J connectivity index is 2.28. The smallest absolute Gasteiger partial charge is 0.247 e. The zero-order valence-electron chi connectivity index (χ0n) is 14.6. The molecule has 0 aromatic heterocycles. The summed E-state index contributed by atoms with van der Waals surface area (Å²) in [5, 5.41) is 11.9. The van der Waals surface area contributed by atoms with Gasteiger partial charge in [0.25, 0.3) is 0 Å². The lowest BCUT2D eigenvalue weighted by molar-refractivity contribution is -0.116. The van der Waals surface area contributed by atoms with Crippen LogP contribution in [0, 0.1) is 11.3 Å². The van der Waals surface area contributed by atoms with Crippen molar-refractivity contribution in [2.24, 2.45) is 0 Å². The first kappa shape index (κ1) is 21.0. The summed E-state index contributed by atoms with van der Waals surface area (Å²) < 4.78 is 25.6. The van der Waals surface area contributed by atoms with Crippen LogP contribution in [0.2, 0.25) is 10.0 Å². The van der Waals surface area contributed by atoms with Gasteiger partial charge >= 0.3 is 0 Å². The Hall–Kier alpha value is -2.27. The van der Waals surface area contributed by atoms with Crippen LogP contribution in [-0.4, -0.2) is 26.6 Å². The maximum absolute atomic E-state index is 12.6. The number of halogens is 2.